The first kappa shape index (κ1) is 14.0. The molecule has 0 aliphatic heterocycles. The third kappa shape index (κ3) is 2.35. The molecule has 0 aliphatic rings. The Labute approximate surface area is 117 Å². The molecule has 7 heteroatoms. The number of aryl methyl sites for hydroxylation is 1. The van der Waals surface area contributed by atoms with E-state index in [1.807, 2.05) is 0 Å². The average Bonchev–Trinajstić information content (AvgIpc) is 2.67. The van der Waals surface area contributed by atoms with Crippen LogP contribution in [-0.2, 0) is 13.6 Å². The lowest BCUT2D eigenvalue weighted by molar-refractivity contribution is 0.383. The van der Waals surface area contributed by atoms with Gasteiger partial charge in [0, 0.05) is 25.2 Å². The SMILES string of the molecule is COc1cc(F)c(-c2c(Br)c(CN)nn2C)cc1F. The van der Waals surface area contributed by atoms with Crippen molar-refractivity contribution in [3.05, 3.63) is 33.9 Å². The fourth-order valence-electron chi connectivity index (χ4n) is 1.84. The van der Waals surface area contributed by atoms with Gasteiger partial charge in [-0.3, -0.25) is 4.68 Å². The molecule has 4 nitrogen and oxygen atoms in total. The number of nitrogens with zero attached hydrogens (tertiary/aromatic N) is 2. The van der Waals surface area contributed by atoms with E-state index in [2.05, 4.69) is 21.0 Å². The maximum Gasteiger partial charge on any atom is 0.165 e. The second-order valence-corrected chi connectivity index (χ2v) is 4.70. The Bertz CT molecular complexity index is 628. The van der Waals surface area contributed by atoms with Crippen molar-refractivity contribution >= 4 is 15.9 Å². The van der Waals surface area contributed by atoms with E-state index in [-0.39, 0.29) is 17.9 Å². The van der Waals surface area contributed by atoms with E-state index < -0.39 is 11.6 Å². The van der Waals surface area contributed by atoms with Crippen LogP contribution >= 0.6 is 15.9 Å². The number of halogens is 3. The zero-order chi connectivity index (χ0) is 14.2. The summed E-state index contributed by atoms with van der Waals surface area (Å²) in [5.41, 5.74) is 6.64. The first-order valence-corrected chi connectivity index (χ1v) is 6.23. The van der Waals surface area contributed by atoms with Crippen LogP contribution < -0.4 is 10.5 Å². The van der Waals surface area contributed by atoms with E-state index in [1.54, 1.807) is 7.05 Å². The molecule has 102 valence electrons. The van der Waals surface area contributed by atoms with E-state index in [1.165, 1.54) is 11.8 Å². The smallest absolute Gasteiger partial charge is 0.165 e. The number of benzene rings is 1. The Hall–Kier alpha value is -1.47. The van der Waals surface area contributed by atoms with Gasteiger partial charge in [0.1, 0.15) is 5.82 Å². The molecule has 0 fully saturated rings. The summed E-state index contributed by atoms with van der Waals surface area (Å²) in [6.45, 7) is 0.203. The summed E-state index contributed by atoms with van der Waals surface area (Å²) in [7, 11) is 2.92. The highest BCUT2D eigenvalue weighted by Crippen LogP contribution is 2.34. The van der Waals surface area contributed by atoms with Gasteiger partial charge in [-0.2, -0.15) is 5.10 Å². The Kier molecular flexibility index (Phi) is 3.86. The summed E-state index contributed by atoms with van der Waals surface area (Å²) >= 11 is 3.31. The Morgan fingerprint density at radius 2 is 2.05 bits per heavy atom. The van der Waals surface area contributed by atoms with Gasteiger partial charge in [0.25, 0.3) is 0 Å². The molecular formula is C12H12BrF2N3O. The molecule has 0 radical (unpaired) electrons. The maximum absolute atomic E-state index is 14.0. The number of methoxy groups -OCH3 is 1. The molecule has 1 heterocycles. The normalized spacial score (nSPS) is 10.8. The Morgan fingerprint density at radius 3 is 2.58 bits per heavy atom. The standard InChI is InChI=1S/C12H12BrF2N3O/c1-18-12(11(13)9(5-16)17-18)6-3-8(15)10(19-2)4-7(6)14/h3-4H,5,16H2,1-2H3. The van der Waals surface area contributed by atoms with E-state index in [4.69, 9.17) is 10.5 Å². The minimum atomic E-state index is -0.638. The van der Waals surface area contributed by atoms with Gasteiger partial charge in [-0.15, -0.1) is 0 Å². The molecule has 1 aromatic heterocycles. The first-order chi connectivity index (χ1) is 8.99. The lowest BCUT2D eigenvalue weighted by Gasteiger charge is -2.08. The van der Waals surface area contributed by atoms with Gasteiger partial charge in [0.05, 0.1) is 23.0 Å². The molecule has 0 saturated heterocycles. The number of aromatic nitrogens is 2. The molecule has 1 aromatic carbocycles. The van der Waals surface area contributed by atoms with Gasteiger partial charge in [0.15, 0.2) is 11.6 Å². The first-order valence-electron chi connectivity index (χ1n) is 5.44. The third-order valence-corrected chi connectivity index (χ3v) is 3.58. The molecule has 0 amide bonds. The van der Waals surface area contributed by atoms with Crippen LogP contribution in [0.5, 0.6) is 5.75 Å². The predicted molar refractivity (Wildman–Crippen MR) is 70.7 cm³/mol. The number of ether oxygens (including phenoxy) is 1. The summed E-state index contributed by atoms with van der Waals surface area (Å²) in [6.07, 6.45) is 0. The van der Waals surface area contributed by atoms with Crippen molar-refractivity contribution in [2.24, 2.45) is 12.8 Å². The molecule has 0 saturated carbocycles. The zero-order valence-corrected chi connectivity index (χ0v) is 12.0. The second-order valence-electron chi connectivity index (χ2n) is 3.90. The minimum Gasteiger partial charge on any atom is -0.494 e. The molecule has 2 rings (SSSR count). The van der Waals surface area contributed by atoms with E-state index in [9.17, 15) is 8.78 Å². The Morgan fingerprint density at radius 1 is 1.37 bits per heavy atom. The van der Waals surface area contributed by atoms with Crippen LogP contribution in [0, 0.1) is 11.6 Å². The highest BCUT2D eigenvalue weighted by molar-refractivity contribution is 9.10. The molecule has 2 N–H and O–H groups in total. The van der Waals surface area contributed by atoms with E-state index in [0.29, 0.717) is 15.9 Å². The minimum absolute atomic E-state index is 0.0971. The van der Waals surface area contributed by atoms with Gasteiger partial charge < -0.3 is 10.5 Å². The summed E-state index contributed by atoms with van der Waals surface area (Å²) in [6, 6.07) is 2.09. The Balaban J connectivity index is 2.66. The van der Waals surface area contributed by atoms with E-state index >= 15 is 0 Å². The molecule has 0 atom stereocenters. The van der Waals surface area contributed by atoms with Crippen LogP contribution in [0.1, 0.15) is 5.69 Å². The van der Waals surface area contributed by atoms with Gasteiger partial charge in [-0.25, -0.2) is 8.78 Å². The molecule has 19 heavy (non-hydrogen) atoms. The molecule has 0 spiro atoms. The lowest BCUT2D eigenvalue weighted by Crippen LogP contribution is -1.99. The summed E-state index contributed by atoms with van der Waals surface area (Å²) < 4.78 is 34.5. The highest BCUT2D eigenvalue weighted by Gasteiger charge is 2.20. The number of hydrogen-bond donors (Lipinski definition) is 1. The molecule has 0 unspecified atom stereocenters. The molecule has 0 bridgehead atoms. The quantitative estimate of drug-likeness (QED) is 0.940. The molecular weight excluding hydrogens is 320 g/mol. The molecule has 0 aliphatic carbocycles. The van der Waals surface area contributed by atoms with Crippen molar-refractivity contribution < 1.29 is 13.5 Å². The van der Waals surface area contributed by atoms with Crippen LogP contribution in [0.3, 0.4) is 0 Å². The van der Waals surface area contributed by atoms with Crippen molar-refractivity contribution in [3.63, 3.8) is 0 Å². The highest BCUT2D eigenvalue weighted by atomic mass is 79.9. The molecule has 2 aromatic rings. The van der Waals surface area contributed by atoms with Crippen LogP contribution in [0.2, 0.25) is 0 Å². The van der Waals surface area contributed by atoms with Gasteiger partial charge in [-0.1, -0.05) is 0 Å². The predicted octanol–water partition coefficient (Wildman–Crippen LogP) is 2.60. The monoisotopic (exact) mass is 331 g/mol. The van der Waals surface area contributed by atoms with Crippen molar-refractivity contribution in [1.29, 1.82) is 0 Å². The van der Waals surface area contributed by atoms with Gasteiger partial charge in [-0.05, 0) is 22.0 Å². The topological polar surface area (TPSA) is 53.1 Å². The fourth-order valence-corrected chi connectivity index (χ4v) is 2.55. The van der Waals surface area contributed by atoms with Crippen molar-refractivity contribution in [2.75, 3.05) is 7.11 Å². The third-order valence-electron chi connectivity index (χ3n) is 2.75. The second kappa shape index (κ2) is 5.26. The number of hydrogen-bond acceptors (Lipinski definition) is 3. The fraction of sp³-hybridized carbons (Fsp3) is 0.250. The van der Waals surface area contributed by atoms with Gasteiger partial charge in [0.2, 0.25) is 0 Å². The van der Waals surface area contributed by atoms with E-state index in [0.717, 1.165) is 12.1 Å². The van der Waals surface area contributed by atoms with Crippen LogP contribution in [0.15, 0.2) is 16.6 Å². The van der Waals surface area contributed by atoms with Crippen LogP contribution in [-0.4, -0.2) is 16.9 Å². The van der Waals surface area contributed by atoms with Crippen LogP contribution in [0.25, 0.3) is 11.3 Å². The average molecular weight is 332 g/mol. The van der Waals surface area contributed by atoms with Crippen LogP contribution in [0.4, 0.5) is 8.78 Å². The van der Waals surface area contributed by atoms with Gasteiger partial charge >= 0.3 is 0 Å². The summed E-state index contributed by atoms with van der Waals surface area (Å²) in [4.78, 5) is 0. The van der Waals surface area contributed by atoms with Crippen molar-refractivity contribution in [1.82, 2.24) is 9.78 Å². The summed E-state index contributed by atoms with van der Waals surface area (Å²) in [5, 5.41) is 4.14. The number of rotatable bonds is 3. The van der Waals surface area contributed by atoms with Crippen molar-refractivity contribution in [2.45, 2.75) is 6.54 Å². The zero-order valence-electron chi connectivity index (χ0n) is 10.4. The maximum atomic E-state index is 14.0. The number of nitrogens with two attached hydrogens (primary N) is 1. The summed E-state index contributed by atoms with van der Waals surface area (Å²) in [5.74, 6) is -1.37. The van der Waals surface area contributed by atoms with Crippen molar-refractivity contribution in [3.8, 4) is 17.0 Å². The lowest BCUT2D eigenvalue weighted by atomic mass is 10.1. The largest absolute Gasteiger partial charge is 0.494 e.